The highest BCUT2D eigenvalue weighted by molar-refractivity contribution is 5.66. The van der Waals surface area contributed by atoms with Gasteiger partial charge in [0.25, 0.3) is 0 Å². The van der Waals surface area contributed by atoms with Gasteiger partial charge in [-0.3, -0.25) is 4.79 Å². The predicted octanol–water partition coefficient (Wildman–Crippen LogP) is 0.719. The SMILES string of the molecule is CN(CCC(=O)O)CC(O)c1ccco1. The van der Waals surface area contributed by atoms with E-state index in [1.165, 1.54) is 6.26 Å². The van der Waals surface area contributed by atoms with Gasteiger partial charge in [-0.1, -0.05) is 0 Å². The number of carbonyl (C=O) groups is 1. The Kier molecular flexibility index (Phi) is 4.33. The molecule has 0 aromatic carbocycles. The van der Waals surface area contributed by atoms with Crippen molar-refractivity contribution in [3.05, 3.63) is 24.2 Å². The molecule has 1 aromatic heterocycles. The highest BCUT2D eigenvalue weighted by Gasteiger charge is 2.13. The Morgan fingerprint density at radius 1 is 1.67 bits per heavy atom. The number of hydrogen-bond acceptors (Lipinski definition) is 4. The van der Waals surface area contributed by atoms with Crippen LogP contribution < -0.4 is 0 Å². The quantitative estimate of drug-likeness (QED) is 0.728. The van der Waals surface area contributed by atoms with Gasteiger partial charge >= 0.3 is 5.97 Å². The Bertz CT molecular complexity index is 296. The van der Waals surface area contributed by atoms with Crippen LogP contribution in [0.3, 0.4) is 0 Å². The number of carboxylic acids is 1. The Hall–Kier alpha value is -1.33. The van der Waals surface area contributed by atoms with Crippen LogP contribution in [0.1, 0.15) is 18.3 Å². The first-order chi connectivity index (χ1) is 7.09. The lowest BCUT2D eigenvalue weighted by Gasteiger charge is -2.18. The zero-order valence-electron chi connectivity index (χ0n) is 8.59. The van der Waals surface area contributed by atoms with Gasteiger partial charge in [0.2, 0.25) is 0 Å². The highest BCUT2D eigenvalue weighted by atomic mass is 16.4. The topological polar surface area (TPSA) is 73.9 Å². The van der Waals surface area contributed by atoms with Crippen LogP contribution in [0.2, 0.25) is 0 Å². The van der Waals surface area contributed by atoms with Gasteiger partial charge in [-0.05, 0) is 19.2 Å². The second-order valence-corrected chi connectivity index (χ2v) is 3.44. The number of hydrogen-bond donors (Lipinski definition) is 2. The van der Waals surface area contributed by atoms with Crippen LogP contribution >= 0.6 is 0 Å². The normalized spacial score (nSPS) is 13.0. The van der Waals surface area contributed by atoms with Crippen LogP contribution in [-0.2, 0) is 4.79 Å². The van der Waals surface area contributed by atoms with Crippen LogP contribution in [0.4, 0.5) is 0 Å². The number of rotatable bonds is 6. The van der Waals surface area contributed by atoms with Gasteiger partial charge in [-0.15, -0.1) is 0 Å². The summed E-state index contributed by atoms with van der Waals surface area (Å²) in [5.74, 6) is -0.341. The molecule has 84 valence electrons. The predicted molar refractivity (Wildman–Crippen MR) is 53.4 cm³/mol. The van der Waals surface area contributed by atoms with Crippen LogP contribution in [0.5, 0.6) is 0 Å². The molecule has 0 aliphatic heterocycles. The van der Waals surface area contributed by atoms with E-state index in [-0.39, 0.29) is 6.42 Å². The number of aliphatic carboxylic acids is 1. The summed E-state index contributed by atoms with van der Waals surface area (Å²) in [6.07, 6.45) is 0.857. The summed E-state index contributed by atoms with van der Waals surface area (Å²) >= 11 is 0. The minimum atomic E-state index is -0.839. The van der Waals surface area contributed by atoms with Crippen molar-refractivity contribution >= 4 is 5.97 Å². The first kappa shape index (κ1) is 11.7. The van der Waals surface area contributed by atoms with Crippen molar-refractivity contribution in [3.8, 4) is 0 Å². The van der Waals surface area contributed by atoms with Crippen LogP contribution in [0, 0.1) is 0 Å². The molecule has 15 heavy (non-hydrogen) atoms. The maximum Gasteiger partial charge on any atom is 0.304 e. The number of aliphatic hydroxyl groups excluding tert-OH is 1. The van der Waals surface area contributed by atoms with Crippen LogP contribution in [0.15, 0.2) is 22.8 Å². The van der Waals surface area contributed by atoms with E-state index in [0.717, 1.165) is 0 Å². The van der Waals surface area contributed by atoms with Crippen molar-refractivity contribution in [2.45, 2.75) is 12.5 Å². The molecule has 0 saturated carbocycles. The van der Waals surface area contributed by atoms with Gasteiger partial charge in [0.05, 0.1) is 12.7 Å². The zero-order chi connectivity index (χ0) is 11.3. The fraction of sp³-hybridized carbons (Fsp3) is 0.500. The van der Waals surface area contributed by atoms with Gasteiger partial charge < -0.3 is 19.5 Å². The van der Waals surface area contributed by atoms with Gasteiger partial charge in [0.1, 0.15) is 11.9 Å². The summed E-state index contributed by atoms with van der Waals surface area (Å²) in [4.78, 5) is 12.1. The van der Waals surface area contributed by atoms with E-state index in [1.54, 1.807) is 24.1 Å². The molecular formula is C10H15NO4. The van der Waals surface area contributed by atoms with E-state index in [0.29, 0.717) is 18.8 Å². The fourth-order valence-electron chi connectivity index (χ4n) is 1.24. The molecule has 0 fully saturated rings. The van der Waals surface area contributed by atoms with Crippen LogP contribution in [0.25, 0.3) is 0 Å². The maximum atomic E-state index is 10.3. The molecule has 5 nitrogen and oxygen atoms in total. The molecule has 0 saturated heterocycles. The van der Waals surface area contributed by atoms with Crippen molar-refractivity contribution in [1.82, 2.24) is 4.90 Å². The lowest BCUT2D eigenvalue weighted by molar-refractivity contribution is -0.137. The molecule has 1 atom stereocenters. The van der Waals surface area contributed by atoms with E-state index < -0.39 is 12.1 Å². The van der Waals surface area contributed by atoms with Crippen LogP contribution in [-0.4, -0.2) is 41.2 Å². The lowest BCUT2D eigenvalue weighted by Crippen LogP contribution is -2.26. The molecule has 0 spiro atoms. The molecule has 0 bridgehead atoms. The smallest absolute Gasteiger partial charge is 0.304 e. The molecule has 1 heterocycles. The van der Waals surface area contributed by atoms with E-state index in [9.17, 15) is 9.90 Å². The largest absolute Gasteiger partial charge is 0.481 e. The van der Waals surface area contributed by atoms with Crippen molar-refractivity contribution in [2.24, 2.45) is 0 Å². The fourth-order valence-corrected chi connectivity index (χ4v) is 1.24. The summed E-state index contributed by atoms with van der Waals surface area (Å²) < 4.78 is 5.03. The number of carboxylic acid groups (broad SMARTS) is 1. The van der Waals surface area contributed by atoms with Crippen molar-refractivity contribution < 1.29 is 19.4 Å². The molecule has 0 amide bonds. The summed E-state index contributed by atoms with van der Waals surface area (Å²) in [5, 5.41) is 18.1. The minimum absolute atomic E-state index is 0.0708. The number of nitrogens with zero attached hydrogens (tertiary/aromatic N) is 1. The van der Waals surface area contributed by atoms with E-state index in [2.05, 4.69) is 0 Å². The maximum absolute atomic E-state index is 10.3. The third kappa shape index (κ3) is 4.14. The molecule has 1 aromatic rings. The lowest BCUT2D eigenvalue weighted by atomic mass is 10.2. The molecular weight excluding hydrogens is 198 g/mol. The minimum Gasteiger partial charge on any atom is -0.481 e. The van der Waals surface area contributed by atoms with E-state index in [4.69, 9.17) is 9.52 Å². The summed E-state index contributed by atoms with van der Waals surface area (Å²) in [5.41, 5.74) is 0. The Morgan fingerprint density at radius 3 is 2.93 bits per heavy atom. The Balaban J connectivity index is 2.31. The third-order valence-electron chi connectivity index (χ3n) is 2.06. The molecule has 1 rings (SSSR count). The van der Waals surface area contributed by atoms with Gasteiger partial charge in [0, 0.05) is 13.1 Å². The number of aliphatic hydroxyl groups is 1. The van der Waals surface area contributed by atoms with Gasteiger partial charge in [0.15, 0.2) is 0 Å². The number of likely N-dealkylation sites (N-methyl/N-ethyl adjacent to an activating group) is 1. The van der Waals surface area contributed by atoms with E-state index in [1.807, 2.05) is 0 Å². The second kappa shape index (κ2) is 5.53. The average Bonchev–Trinajstić information content (AvgIpc) is 2.67. The zero-order valence-corrected chi connectivity index (χ0v) is 8.59. The molecule has 0 aliphatic carbocycles. The van der Waals surface area contributed by atoms with E-state index >= 15 is 0 Å². The summed E-state index contributed by atoms with van der Waals surface area (Å²) in [7, 11) is 1.76. The average molecular weight is 213 g/mol. The van der Waals surface area contributed by atoms with Crippen molar-refractivity contribution in [3.63, 3.8) is 0 Å². The second-order valence-electron chi connectivity index (χ2n) is 3.44. The first-order valence-electron chi connectivity index (χ1n) is 4.71. The molecule has 0 aliphatic rings. The summed E-state index contributed by atoms with van der Waals surface area (Å²) in [6.45, 7) is 0.772. The Morgan fingerprint density at radius 2 is 2.40 bits per heavy atom. The van der Waals surface area contributed by atoms with Gasteiger partial charge in [-0.25, -0.2) is 0 Å². The third-order valence-corrected chi connectivity index (χ3v) is 2.06. The Labute approximate surface area is 87.9 Å². The van der Waals surface area contributed by atoms with Crippen molar-refractivity contribution in [1.29, 1.82) is 0 Å². The standard InChI is InChI=1S/C10H15NO4/c1-11(5-4-10(13)14)7-8(12)9-3-2-6-15-9/h2-3,6,8,12H,4-5,7H2,1H3,(H,13,14). The highest BCUT2D eigenvalue weighted by Crippen LogP contribution is 2.13. The molecule has 0 radical (unpaired) electrons. The molecule has 2 N–H and O–H groups in total. The molecule has 1 unspecified atom stereocenters. The monoisotopic (exact) mass is 213 g/mol. The van der Waals surface area contributed by atoms with Crippen molar-refractivity contribution in [2.75, 3.05) is 20.1 Å². The van der Waals surface area contributed by atoms with Gasteiger partial charge in [-0.2, -0.15) is 0 Å². The first-order valence-corrected chi connectivity index (χ1v) is 4.71. The molecule has 5 heteroatoms. The number of furan rings is 1. The summed E-state index contributed by atoms with van der Waals surface area (Å²) in [6, 6.07) is 3.39.